The predicted molar refractivity (Wildman–Crippen MR) is 105 cm³/mol. The van der Waals surface area contributed by atoms with Crippen LogP contribution in [-0.4, -0.2) is 37.1 Å². The van der Waals surface area contributed by atoms with Crippen molar-refractivity contribution < 1.29 is 18.0 Å². The molecule has 1 atom stereocenters. The topological polar surface area (TPSA) is 95.6 Å². The number of nitrogens with zero attached hydrogens (tertiary/aromatic N) is 1. The summed E-state index contributed by atoms with van der Waals surface area (Å²) >= 11 is 0. The molecule has 1 aliphatic heterocycles. The highest BCUT2D eigenvalue weighted by atomic mass is 32.2. The summed E-state index contributed by atoms with van der Waals surface area (Å²) in [6, 6.07) is 14.2. The van der Waals surface area contributed by atoms with E-state index in [9.17, 15) is 18.0 Å². The molecule has 0 spiro atoms. The van der Waals surface area contributed by atoms with Gasteiger partial charge in [0.15, 0.2) is 0 Å². The van der Waals surface area contributed by atoms with Crippen molar-refractivity contribution in [1.82, 2.24) is 15.2 Å². The fourth-order valence-electron chi connectivity index (χ4n) is 3.18. The Hall–Kier alpha value is -2.71. The van der Waals surface area contributed by atoms with Crippen LogP contribution in [0.25, 0.3) is 0 Å². The molecule has 8 heteroatoms. The second kappa shape index (κ2) is 8.53. The Morgan fingerprint density at radius 3 is 2.36 bits per heavy atom. The lowest BCUT2D eigenvalue weighted by molar-refractivity contribution is -0.125. The van der Waals surface area contributed by atoms with Crippen LogP contribution < -0.4 is 10.9 Å². The van der Waals surface area contributed by atoms with Gasteiger partial charge in [-0.25, -0.2) is 8.42 Å². The van der Waals surface area contributed by atoms with Gasteiger partial charge in [-0.05, 0) is 49.1 Å². The van der Waals surface area contributed by atoms with Crippen LogP contribution in [0.5, 0.6) is 0 Å². The van der Waals surface area contributed by atoms with Crippen molar-refractivity contribution in [3.63, 3.8) is 0 Å². The molecule has 28 heavy (non-hydrogen) atoms. The van der Waals surface area contributed by atoms with Gasteiger partial charge in [0.2, 0.25) is 10.0 Å². The Labute approximate surface area is 164 Å². The molecule has 0 aromatic heterocycles. The summed E-state index contributed by atoms with van der Waals surface area (Å²) in [4.78, 5) is 24.9. The van der Waals surface area contributed by atoms with Gasteiger partial charge >= 0.3 is 0 Å². The maximum atomic E-state index is 12.8. The maximum Gasteiger partial charge on any atom is 0.269 e. The van der Waals surface area contributed by atoms with Crippen LogP contribution in [0, 0.1) is 0 Å². The lowest BCUT2D eigenvalue weighted by atomic mass is 10.1. The van der Waals surface area contributed by atoms with E-state index in [4.69, 9.17) is 0 Å². The van der Waals surface area contributed by atoms with Crippen molar-refractivity contribution in [3.05, 3.63) is 65.7 Å². The average molecular weight is 401 g/mol. The van der Waals surface area contributed by atoms with Crippen molar-refractivity contribution in [1.29, 1.82) is 0 Å². The Bertz CT molecular complexity index is 943. The van der Waals surface area contributed by atoms with Crippen molar-refractivity contribution in [2.45, 2.75) is 37.1 Å². The van der Waals surface area contributed by atoms with E-state index in [2.05, 4.69) is 10.9 Å². The molecule has 1 aliphatic rings. The Balaban J connectivity index is 1.65. The molecule has 2 aromatic carbocycles. The molecule has 148 valence electrons. The maximum absolute atomic E-state index is 12.8. The largest absolute Gasteiger partial charge is 0.271 e. The van der Waals surface area contributed by atoms with Gasteiger partial charge in [0.25, 0.3) is 11.8 Å². The molecule has 2 N–H and O–H groups in total. The SMILES string of the molecule is CCc1ccc(C(=O)NNC(=O)C2CCCN2S(=O)(=O)c2ccccc2)cc1. The zero-order chi connectivity index (χ0) is 20.1. The normalized spacial score (nSPS) is 17.2. The van der Waals surface area contributed by atoms with Crippen LogP contribution in [0.3, 0.4) is 0 Å². The van der Waals surface area contributed by atoms with E-state index in [1.54, 1.807) is 30.3 Å². The molecule has 2 amide bonds. The molecular formula is C20H23N3O4S. The second-order valence-corrected chi connectivity index (χ2v) is 8.47. The van der Waals surface area contributed by atoms with E-state index in [1.165, 1.54) is 16.4 Å². The Morgan fingerprint density at radius 2 is 1.71 bits per heavy atom. The van der Waals surface area contributed by atoms with Crippen molar-refractivity contribution >= 4 is 21.8 Å². The molecule has 0 bridgehead atoms. The van der Waals surface area contributed by atoms with Gasteiger partial charge < -0.3 is 0 Å². The number of carbonyl (C=O) groups is 2. The number of hydrazine groups is 1. The van der Waals surface area contributed by atoms with E-state index in [0.717, 1.165) is 12.0 Å². The third kappa shape index (κ3) is 4.23. The van der Waals surface area contributed by atoms with Crippen LogP contribution in [0.1, 0.15) is 35.7 Å². The monoisotopic (exact) mass is 401 g/mol. The standard InChI is InChI=1S/C20H23N3O4S/c1-2-15-10-12-16(13-11-15)19(24)21-22-20(25)18-9-6-14-23(18)28(26,27)17-7-4-3-5-8-17/h3-5,7-8,10-13,18H,2,6,9,14H2,1H3,(H,21,24)(H,22,25). The predicted octanol–water partition coefficient (Wildman–Crippen LogP) is 1.86. The van der Waals surface area contributed by atoms with Crippen molar-refractivity contribution in [2.24, 2.45) is 0 Å². The molecule has 2 aromatic rings. The molecular weight excluding hydrogens is 378 g/mol. The first-order chi connectivity index (χ1) is 13.4. The molecule has 1 heterocycles. The van der Waals surface area contributed by atoms with Crippen LogP contribution in [0.2, 0.25) is 0 Å². The first-order valence-corrected chi connectivity index (χ1v) is 10.6. The minimum absolute atomic E-state index is 0.148. The van der Waals surface area contributed by atoms with Crippen LogP contribution in [0.15, 0.2) is 59.5 Å². The van der Waals surface area contributed by atoms with Gasteiger partial charge in [-0.1, -0.05) is 37.3 Å². The third-order valence-corrected chi connectivity index (χ3v) is 6.70. The van der Waals surface area contributed by atoms with Crippen molar-refractivity contribution in [2.75, 3.05) is 6.54 Å². The number of aryl methyl sites for hydroxylation is 1. The molecule has 0 aliphatic carbocycles. The summed E-state index contributed by atoms with van der Waals surface area (Å²) in [5, 5.41) is 0. The minimum atomic E-state index is -3.77. The summed E-state index contributed by atoms with van der Waals surface area (Å²) in [5.41, 5.74) is 6.24. The Kier molecular flexibility index (Phi) is 6.11. The Morgan fingerprint density at radius 1 is 1.04 bits per heavy atom. The summed E-state index contributed by atoms with van der Waals surface area (Å²) in [6.07, 6.45) is 1.85. The average Bonchev–Trinajstić information content (AvgIpc) is 3.23. The van der Waals surface area contributed by atoms with Crippen molar-refractivity contribution in [3.8, 4) is 0 Å². The van der Waals surface area contributed by atoms with E-state index in [0.29, 0.717) is 18.4 Å². The van der Waals surface area contributed by atoms with E-state index in [-0.39, 0.29) is 11.4 Å². The molecule has 1 fully saturated rings. The smallest absolute Gasteiger partial charge is 0.269 e. The zero-order valence-electron chi connectivity index (χ0n) is 15.6. The first kappa shape index (κ1) is 20.0. The molecule has 0 radical (unpaired) electrons. The quantitative estimate of drug-likeness (QED) is 0.748. The van der Waals surface area contributed by atoms with Gasteiger partial charge in [-0.2, -0.15) is 4.31 Å². The number of sulfonamides is 1. The summed E-state index contributed by atoms with van der Waals surface area (Å²) < 4.78 is 26.9. The molecule has 1 unspecified atom stereocenters. The number of hydrogen-bond donors (Lipinski definition) is 2. The molecule has 7 nitrogen and oxygen atoms in total. The fraction of sp³-hybridized carbons (Fsp3) is 0.300. The molecule has 1 saturated heterocycles. The number of hydrogen-bond acceptors (Lipinski definition) is 4. The summed E-state index contributed by atoms with van der Waals surface area (Å²) in [7, 11) is -3.77. The van der Waals surface area contributed by atoms with Gasteiger partial charge in [0.1, 0.15) is 6.04 Å². The number of amides is 2. The first-order valence-electron chi connectivity index (χ1n) is 9.19. The van der Waals surface area contributed by atoms with Crippen LogP contribution in [-0.2, 0) is 21.2 Å². The van der Waals surface area contributed by atoms with E-state index < -0.39 is 27.9 Å². The van der Waals surface area contributed by atoms with Crippen LogP contribution in [0.4, 0.5) is 0 Å². The van der Waals surface area contributed by atoms with Gasteiger partial charge in [0, 0.05) is 12.1 Å². The highest BCUT2D eigenvalue weighted by molar-refractivity contribution is 7.89. The minimum Gasteiger partial charge on any atom is -0.271 e. The molecule has 3 rings (SSSR count). The summed E-state index contributed by atoms with van der Waals surface area (Å²) in [6.45, 7) is 2.29. The number of rotatable bonds is 5. The summed E-state index contributed by atoms with van der Waals surface area (Å²) in [5.74, 6) is -0.998. The second-order valence-electron chi connectivity index (χ2n) is 6.58. The lowest BCUT2D eigenvalue weighted by Crippen LogP contribution is -2.51. The lowest BCUT2D eigenvalue weighted by Gasteiger charge is -2.23. The van der Waals surface area contributed by atoms with Gasteiger partial charge in [-0.15, -0.1) is 0 Å². The highest BCUT2D eigenvalue weighted by Crippen LogP contribution is 2.26. The van der Waals surface area contributed by atoms with E-state index >= 15 is 0 Å². The number of carbonyl (C=O) groups excluding carboxylic acids is 2. The van der Waals surface area contributed by atoms with Gasteiger partial charge in [0.05, 0.1) is 4.90 Å². The fourth-order valence-corrected chi connectivity index (χ4v) is 4.86. The zero-order valence-corrected chi connectivity index (χ0v) is 16.4. The van der Waals surface area contributed by atoms with Crippen LogP contribution >= 0.6 is 0 Å². The highest BCUT2D eigenvalue weighted by Gasteiger charge is 2.39. The number of benzene rings is 2. The van der Waals surface area contributed by atoms with E-state index in [1.807, 2.05) is 19.1 Å². The number of nitrogens with one attached hydrogen (secondary N) is 2. The third-order valence-electron chi connectivity index (χ3n) is 4.78. The van der Waals surface area contributed by atoms with Gasteiger partial charge in [-0.3, -0.25) is 20.4 Å². The molecule has 0 saturated carbocycles.